The summed E-state index contributed by atoms with van der Waals surface area (Å²) in [6, 6.07) is 16.9. The molecule has 1 aliphatic rings. The molecule has 3 aromatic carbocycles. The van der Waals surface area contributed by atoms with E-state index in [9.17, 15) is 9.59 Å². The van der Waals surface area contributed by atoms with Crippen LogP contribution in [0.2, 0.25) is 10.0 Å². The van der Waals surface area contributed by atoms with Crippen molar-refractivity contribution in [3.63, 3.8) is 0 Å². The van der Waals surface area contributed by atoms with Crippen LogP contribution in [-0.4, -0.2) is 11.8 Å². The molecule has 0 N–H and O–H groups in total. The molecule has 0 bridgehead atoms. The van der Waals surface area contributed by atoms with E-state index >= 15 is 0 Å². The molecule has 7 heteroatoms. The maximum absolute atomic E-state index is 12.8. The lowest BCUT2D eigenvalue weighted by molar-refractivity contribution is 0.0702. The van der Waals surface area contributed by atoms with Gasteiger partial charge in [0.1, 0.15) is 17.1 Å². The molecule has 0 fully saturated rings. The minimum atomic E-state index is -0.670. The Hall–Kier alpha value is -3.54. The van der Waals surface area contributed by atoms with Crippen molar-refractivity contribution in [3.05, 3.63) is 98.9 Å². The Bertz CT molecular complexity index is 1450. The van der Waals surface area contributed by atoms with Crippen molar-refractivity contribution in [3.8, 4) is 11.5 Å². The number of ether oxygens (including phenoxy) is 2. The van der Waals surface area contributed by atoms with Crippen molar-refractivity contribution in [2.75, 3.05) is 0 Å². The number of ketones is 1. The van der Waals surface area contributed by atoms with Crippen molar-refractivity contribution >= 4 is 52.0 Å². The number of fused-ring (bicyclic) bond motifs is 2. The highest BCUT2D eigenvalue weighted by atomic mass is 35.5. The number of benzene rings is 3. The summed E-state index contributed by atoms with van der Waals surface area (Å²) in [4.78, 5) is 25.4. The number of furan rings is 1. The summed E-state index contributed by atoms with van der Waals surface area (Å²) in [6.07, 6.45) is 1.59. The van der Waals surface area contributed by atoms with E-state index in [1.165, 1.54) is 0 Å². The second-order valence-electron chi connectivity index (χ2n) is 7.21. The van der Waals surface area contributed by atoms with Crippen molar-refractivity contribution in [2.24, 2.45) is 0 Å². The fraction of sp³-hybridized carbons (Fsp3) is 0.0400. The number of carbonyl (C=O) groups is 2. The van der Waals surface area contributed by atoms with Crippen LogP contribution in [-0.2, 0) is 0 Å². The monoisotopic (exact) mass is 464 g/mol. The van der Waals surface area contributed by atoms with Gasteiger partial charge in [0, 0.05) is 21.0 Å². The predicted octanol–water partition coefficient (Wildman–Crippen LogP) is 6.88. The lowest BCUT2D eigenvalue weighted by Gasteiger charge is -2.09. The van der Waals surface area contributed by atoms with Crippen LogP contribution in [0.4, 0.5) is 0 Å². The quantitative estimate of drug-likeness (QED) is 0.187. The lowest BCUT2D eigenvalue weighted by Crippen LogP contribution is -2.08. The molecule has 0 amide bonds. The topological polar surface area (TPSA) is 65.7 Å². The zero-order chi connectivity index (χ0) is 22.4. The van der Waals surface area contributed by atoms with Crippen molar-refractivity contribution < 1.29 is 23.5 Å². The second-order valence-corrected chi connectivity index (χ2v) is 8.05. The van der Waals surface area contributed by atoms with Gasteiger partial charge in [-0.05, 0) is 61.0 Å². The molecule has 0 unspecified atom stereocenters. The number of esters is 1. The van der Waals surface area contributed by atoms with Gasteiger partial charge in [-0.3, -0.25) is 4.79 Å². The highest BCUT2D eigenvalue weighted by molar-refractivity contribution is 6.32. The SMILES string of the molecule is Cc1c(OC(=O)c2cc3cc(Cl)ccc3o2)ccc2c1O/C(=C\c1ccccc1Cl)C2=O. The molecular formula is C25H14Cl2O5. The summed E-state index contributed by atoms with van der Waals surface area (Å²) >= 11 is 12.2. The Morgan fingerprint density at radius 2 is 1.84 bits per heavy atom. The fourth-order valence-electron chi connectivity index (χ4n) is 3.48. The number of Topliss-reactive ketones (excluding diaryl/α,β-unsaturated/α-hetero) is 1. The standard InChI is InChI=1S/C25H14Cl2O5/c1-13-19(32-25(29)22-12-15-10-16(26)6-8-20(15)30-22)9-7-17-23(28)21(31-24(13)17)11-14-4-2-3-5-18(14)27/h2-12H,1H3/b21-11-. The van der Waals surface area contributed by atoms with Gasteiger partial charge in [0.25, 0.3) is 0 Å². The smallest absolute Gasteiger partial charge is 0.379 e. The molecule has 4 aromatic rings. The van der Waals surface area contributed by atoms with E-state index in [4.69, 9.17) is 37.1 Å². The molecule has 0 radical (unpaired) electrons. The number of hydrogen-bond donors (Lipinski definition) is 0. The van der Waals surface area contributed by atoms with Gasteiger partial charge in [-0.1, -0.05) is 41.4 Å². The Kier molecular flexibility index (Phi) is 5.00. The first-order chi connectivity index (χ1) is 15.4. The third-order valence-corrected chi connectivity index (χ3v) is 5.69. The van der Waals surface area contributed by atoms with E-state index in [0.717, 1.165) is 0 Å². The molecule has 5 nitrogen and oxygen atoms in total. The van der Waals surface area contributed by atoms with E-state index in [-0.39, 0.29) is 23.1 Å². The van der Waals surface area contributed by atoms with E-state index in [1.54, 1.807) is 67.6 Å². The number of hydrogen-bond acceptors (Lipinski definition) is 5. The number of rotatable bonds is 3. The van der Waals surface area contributed by atoms with Crippen LogP contribution in [0.3, 0.4) is 0 Å². The number of carbonyl (C=O) groups excluding carboxylic acids is 2. The van der Waals surface area contributed by atoms with Crippen LogP contribution in [0.1, 0.15) is 32.0 Å². The normalized spacial score (nSPS) is 14.0. The summed E-state index contributed by atoms with van der Waals surface area (Å²) < 4.78 is 16.9. The zero-order valence-corrected chi connectivity index (χ0v) is 18.2. The van der Waals surface area contributed by atoms with Gasteiger partial charge in [-0.25, -0.2) is 4.79 Å². The summed E-state index contributed by atoms with van der Waals surface area (Å²) in [5, 5.41) is 1.74. The molecule has 5 rings (SSSR count). The Labute approximate surface area is 192 Å². The predicted molar refractivity (Wildman–Crippen MR) is 122 cm³/mol. The number of allylic oxidation sites excluding steroid dienone is 1. The van der Waals surface area contributed by atoms with Crippen molar-refractivity contribution in [2.45, 2.75) is 6.92 Å². The van der Waals surface area contributed by atoms with Crippen LogP contribution in [0.5, 0.6) is 11.5 Å². The maximum Gasteiger partial charge on any atom is 0.379 e. The third-order valence-electron chi connectivity index (χ3n) is 5.11. The summed E-state index contributed by atoms with van der Waals surface area (Å²) in [7, 11) is 0. The van der Waals surface area contributed by atoms with E-state index in [0.29, 0.717) is 43.5 Å². The van der Waals surface area contributed by atoms with E-state index in [1.807, 2.05) is 6.07 Å². The van der Waals surface area contributed by atoms with Crippen LogP contribution < -0.4 is 9.47 Å². The molecule has 158 valence electrons. The minimum Gasteiger partial charge on any atom is -0.452 e. The molecule has 0 saturated heterocycles. The first-order valence-corrected chi connectivity index (χ1v) is 10.4. The average molecular weight is 465 g/mol. The Morgan fingerprint density at radius 3 is 2.66 bits per heavy atom. The van der Waals surface area contributed by atoms with E-state index < -0.39 is 5.97 Å². The second kappa shape index (κ2) is 7.86. The van der Waals surface area contributed by atoms with Gasteiger partial charge < -0.3 is 13.9 Å². The number of halogens is 2. The largest absolute Gasteiger partial charge is 0.452 e. The van der Waals surface area contributed by atoms with Gasteiger partial charge >= 0.3 is 5.97 Å². The third kappa shape index (κ3) is 3.55. The van der Waals surface area contributed by atoms with Crippen LogP contribution >= 0.6 is 23.2 Å². The van der Waals surface area contributed by atoms with E-state index in [2.05, 4.69) is 0 Å². The first-order valence-electron chi connectivity index (χ1n) is 9.64. The molecule has 32 heavy (non-hydrogen) atoms. The average Bonchev–Trinajstić information content (AvgIpc) is 3.33. The molecule has 0 aliphatic carbocycles. The van der Waals surface area contributed by atoms with Crippen LogP contribution in [0, 0.1) is 6.92 Å². The first kappa shape index (κ1) is 20.4. The summed E-state index contributed by atoms with van der Waals surface area (Å²) in [6.45, 7) is 1.71. The molecule has 2 heterocycles. The molecule has 0 saturated carbocycles. The fourth-order valence-corrected chi connectivity index (χ4v) is 3.85. The molecule has 1 aliphatic heterocycles. The van der Waals surface area contributed by atoms with Crippen LogP contribution in [0.25, 0.3) is 17.0 Å². The van der Waals surface area contributed by atoms with Crippen molar-refractivity contribution in [1.29, 1.82) is 0 Å². The van der Waals surface area contributed by atoms with Gasteiger partial charge in [0.05, 0.1) is 5.56 Å². The van der Waals surface area contributed by atoms with Gasteiger partial charge in [0.2, 0.25) is 11.5 Å². The van der Waals surface area contributed by atoms with Gasteiger partial charge in [0.15, 0.2) is 5.76 Å². The Balaban J connectivity index is 1.43. The molecule has 0 spiro atoms. The molecular weight excluding hydrogens is 451 g/mol. The zero-order valence-electron chi connectivity index (χ0n) is 16.6. The summed E-state index contributed by atoms with van der Waals surface area (Å²) in [5.74, 6) is -0.145. The molecule has 0 atom stereocenters. The summed E-state index contributed by atoms with van der Waals surface area (Å²) in [5.41, 5.74) is 2.10. The minimum absolute atomic E-state index is 0.0402. The highest BCUT2D eigenvalue weighted by Crippen LogP contribution is 2.40. The lowest BCUT2D eigenvalue weighted by atomic mass is 10.1. The maximum atomic E-state index is 12.8. The Morgan fingerprint density at radius 1 is 1.03 bits per heavy atom. The van der Waals surface area contributed by atoms with Crippen LogP contribution in [0.15, 0.2) is 70.8 Å². The highest BCUT2D eigenvalue weighted by Gasteiger charge is 2.31. The van der Waals surface area contributed by atoms with Gasteiger partial charge in [-0.2, -0.15) is 0 Å². The van der Waals surface area contributed by atoms with Crippen molar-refractivity contribution in [1.82, 2.24) is 0 Å². The molecule has 1 aromatic heterocycles. The van der Waals surface area contributed by atoms with Gasteiger partial charge in [-0.15, -0.1) is 0 Å².